The number of hydrogen-bond acceptors (Lipinski definition) is 10. The van der Waals surface area contributed by atoms with Gasteiger partial charge >= 0.3 is 41.5 Å². The number of carbonyl (C=O) groups excluding carboxylic acids is 3. The number of hydrogen-bond donors (Lipinski definition) is 2. The topological polar surface area (TPSA) is 159 Å². The van der Waals surface area contributed by atoms with Crippen molar-refractivity contribution in [1.82, 2.24) is 5.32 Å². The molecule has 1 amide bonds. The van der Waals surface area contributed by atoms with Gasteiger partial charge in [0.1, 0.15) is 19.3 Å². The molecular formula is C19H34NNaO9S2. The van der Waals surface area contributed by atoms with Gasteiger partial charge in [0.25, 0.3) is 0 Å². The van der Waals surface area contributed by atoms with Gasteiger partial charge in [-0.1, -0.05) is 13.8 Å². The Morgan fingerprint density at radius 1 is 1.12 bits per heavy atom. The van der Waals surface area contributed by atoms with Gasteiger partial charge in [0.2, 0.25) is 5.91 Å². The summed E-state index contributed by atoms with van der Waals surface area (Å²) in [7, 11) is -4.49. The van der Waals surface area contributed by atoms with Crippen LogP contribution in [0.15, 0.2) is 0 Å². The van der Waals surface area contributed by atoms with E-state index in [-0.39, 0.29) is 54.3 Å². The smallest absolute Gasteiger partial charge is 0.748 e. The largest absolute Gasteiger partial charge is 1.00 e. The maximum Gasteiger partial charge on any atom is 1.00 e. The van der Waals surface area contributed by atoms with Crippen LogP contribution >= 0.6 is 11.8 Å². The maximum atomic E-state index is 12.1. The zero-order chi connectivity index (χ0) is 24.5. The zero-order valence-electron chi connectivity index (χ0n) is 19.9. The quantitative estimate of drug-likeness (QED) is 0.148. The van der Waals surface area contributed by atoms with Gasteiger partial charge in [0, 0.05) is 17.2 Å². The van der Waals surface area contributed by atoms with Crippen molar-refractivity contribution in [1.29, 1.82) is 0 Å². The van der Waals surface area contributed by atoms with Crippen LogP contribution in [0.2, 0.25) is 0 Å². The zero-order valence-corrected chi connectivity index (χ0v) is 23.6. The van der Waals surface area contributed by atoms with Gasteiger partial charge in [-0.3, -0.25) is 14.4 Å². The van der Waals surface area contributed by atoms with Crippen molar-refractivity contribution >= 4 is 39.7 Å². The van der Waals surface area contributed by atoms with E-state index in [0.717, 1.165) is 11.8 Å². The fourth-order valence-corrected chi connectivity index (χ4v) is 3.95. The van der Waals surface area contributed by atoms with E-state index in [1.165, 1.54) is 13.8 Å². The SMILES string of the molecule is CCC(C)(C)C(=O)OCC(O)COC(=O)CSCC(C)C(=O)NC(C)(C)CS(=O)(=O)[O-].[Na+]. The van der Waals surface area contributed by atoms with E-state index < -0.39 is 56.7 Å². The first-order valence-electron chi connectivity index (χ1n) is 9.83. The third kappa shape index (κ3) is 15.5. The summed E-state index contributed by atoms with van der Waals surface area (Å²) in [5.74, 6) is -2.57. The van der Waals surface area contributed by atoms with Crippen LogP contribution in [0.1, 0.15) is 48.0 Å². The Morgan fingerprint density at radius 3 is 2.16 bits per heavy atom. The van der Waals surface area contributed by atoms with E-state index >= 15 is 0 Å². The molecule has 0 aromatic rings. The molecule has 0 aromatic carbocycles. The summed E-state index contributed by atoms with van der Waals surface area (Å²) in [6.45, 7) is 9.17. The van der Waals surface area contributed by atoms with E-state index in [1.807, 2.05) is 6.92 Å². The maximum absolute atomic E-state index is 12.1. The van der Waals surface area contributed by atoms with Gasteiger partial charge in [0.05, 0.1) is 27.0 Å². The first-order chi connectivity index (χ1) is 14.0. The molecule has 0 aliphatic heterocycles. The van der Waals surface area contributed by atoms with E-state index in [1.54, 1.807) is 20.8 Å². The molecule has 0 aromatic heterocycles. The molecule has 0 rings (SSSR count). The molecule has 2 N–H and O–H groups in total. The first-order valence-corrected chi connectivity index (χ1v) is 12.6. The fraction of sp³-hybridized carbons (Fsp3) is 0.842. The van der Waals surface area contributed by atoms with E-state index in [4.69, 9.17) is 9.47 Å². The molecule has 0 bridgehead atoms. The van der Waals surface area contributed by atoms with Crippen molar-refractivity contribution < 1.29 is 71.5 Å². The third-order valence-corrected chi connectivity index (χ3v) is 6.57. The third-order valence-electron chi connectivity index (χ3n) is 4.31. The van der Waals surface area contributed by atoms with E-state index in [2.05, 4.69) is 5.32 Å². The molecule has 32 heavy (non-hydrogen) atoms. The average molecular weight is 508 g/mol. The number of ether oxygens (including phenoxy) is 2. The molecule has 0 saturated heterocycles. The Labute approximate surface area is 217 Å². The van der Waals surface area contributed by atoms with Gasteiger partial charge in [-0.2, -0.15) is 0 Å². The summed E-state index contributed by atoms with van der Waals surface area (Å²) in [4.78, 5) is 35.7. The molecule has 0 heterocycles. The summed E-state index contributed by atoms with van der Waals surface area (Å²) in [6, 6.07) is 0. The molecule has 13 heteroatoms. The van der Waals surface area contributed by atoms with Crippen molar-refractivity contribution in [2.75, 3.05) is 30.5 Å². The van der Waals surface area contributed by atoms with Crippen LogP contribution in [-0.2, 0) is 34.0 Å². The Hall–Kier alpha value is -0.370. The molecule has 0 fully saturated rings. The summed E-state index contributed by atoms with van der Waals surface area (Å²) in [6.07, 6.45) is -0.561. The standard InChI is InChI=1S/C19H35NO9S2.Na/c1-7-18(3,4)17(24)29-9-14(21)8-28-15(22)11-30-10-13(2)16(23)20-19(5,6)12-31(25,26)27;/h13-14,21H,7-12H2,1-6H3,(H,20,23)(H,25,26,27);/q;+1/p-1. The second-order valence-electron chi connectivity index (χ2n) is 8.66. The fourth-order valence-electron chi connectivity index (χ4n) is 2.12. The molecule has 2 atom stereocenters. The van der Waals surface area contributed by atoms with Gasteiger partial charge in [-0.05, 0) is 34.1 Å². The Bertz CT molecular complexity index is 726. The molecular weight excluding hydrogens is 473 g/mol. The minimum atomic E-state index is -4.49. The predicted octanol–water partition coefficient (Wildman–Crippen LogP) is -2.32. The van der Waals surface area contributed by atoms with Crippen molar-refractivity contribution in [2.45, 2.75) is 59.6 Å². The number of thioether (sulfide) groups is 1. The average Bonchev–Trinajstić information content (AvgIpc) is 2.61. The van der Waals surface area contributed by atoms with Crippen LogP contribution in [0, 0.1) is 11.3 Å². The summed E-state index contributed by atoms with van der Waals surface area (Å²) < 4.78 is 42.6. The van der Waals surface area contributed by atoms with Crippen LogP contribution in [-0.4, -0.2) is 78.0 Å². The van der Waals surface area contributed by atoms with Gasteiger partial charge in [0.15, 0.2) is 0 Å². The second kappa shape index (κ2) is 14.8. The van der Waals surface area contributed by atoms with E-state index in [9.17, 15) is 32.5 Å². The summed E-state index contributed by atoms with van der Waals surface area (Å²) in [5, 5.41) is 12.3. The van der Waals surface area contributed by atoms with Crippen molar-refractivity contribution in [3.8, 4) is 0 Å². The molecule has 0 radical (unpaired) electrons. The minimum absolute atomic E-state index is 0. The molecule has 2 unspecified atom stereocenters. The van der Waals surface area contributed by atoms with Crippen LogP contribution < -0.4 is 34.9 Å². The number of nitrogens with one attached hydrogen (secondary N) is 1. The minimum Gasteiger partial charge on any atom is -0.748 e. The van der Waals surface area contributed by atoms with Gasteiger partial charge < -0.3 is 24.4 Å². The van der Waals surface area contributed by atoms with Crippen LogP contribution in [0.5, 0.6) is 0 Å². The summed E-state index contributed by atoms with van der Waals surface area (Å²) in [5.41, 5.74) is -1.87. The molecule has 0 aliphatic carbocycles. The summed E-state index contributed by atoms with van der Waals surface area (Å²) >= 11 is 1.13. The van der Waals surface area contributed by atoms with Crippen LogP contribution in [0.3, 0.4) is 0 Å². The number of carbonyl (C=O) groups is 3. The Balaban J connectivity index is 0. The number of esters is 2. The first kappa shape index (κ1) is 33.8. The van der Waals surface area contributed by atoms with Gasteiger partial charge in [-0.25, -0.2) is 8.42 Å². The van der Waals surface area contributed by atoms with Crippen molar-refractivity contribution in [2.24, 2.45) is 11.3 Å². The number of amides is 1. The molecule has 182 valence electrons. The van der Waals surface area contributed by atoms with Crippen molar-refractivity contribution in [3.05, 3.63) is 0 Å². The normalized spacial score (nSPS) is 14.0. The monoisotopic (exact) mass is 507 g/mol. The van der Waals surface area contributed by atoms with Gasteiger partial charge in [-0.15, -0.1) is 11.8 Å². The van der Waals surface area contributed by atoms with Crippen molar-refractivity contribution in [3.63, 3.8) is 0 Å². The van der Waals surface area contributed by atoms with Crippen LogP contribution in [0.25, 0.3) is 0 Å². The molecule has 0 aliphatic rings. The Kier molecular flexibility index (Phi) is 15.6. The number of aliphatic hydroxyl groups excluding tert-OH is 1. The van der Waals surface area contributed by atoms with E-state index in [0.29, 0.717) is 6.42 Å². The molecule has 0 saturated carbocycles. The number of rotatable bonds is 14. The Morgan fingerprint density at radius 2 is 1.66 bits per heavy atom. The van der Waals surface area contributed by atoms with Crippen LogP contribution in [0.4, 0.5) is 0 Å². The molecule has 0 spiro atoms. The molecule has 10 nitrogen and oxygen atoms in total. The predicted molar refractivity (Wildman–Crippen MR) is 115 cm³/mol. The number of aliphatic hydroxyl groups is 1. The second-order valence-corrected chi connectivity index (χ2v) is 11.1.